The molecular formula is C17H15ClFN3O2S. The van der Waals surface area contributed by atoms with Crippen LogP contribution < -0.4 is 16.0 Å². The number of thioether (sulfide) groups is 1. The van der Waals surface area contributed by atoms with Crippen molar-refractivity contribution in [1.29, 1.82) is 0 Å². The smallest absolute Gasteiger partial charge is 0.246 e. The van der Waals surface area contributed by atoms with Crippen molar-refractivity contribution in [2.75, 3.05) is 21.7 Å². The first kappa shape index (κ1) is 17.6. The highest BCUT2D eigenvalue weighted by Crippen LogP contribution is 2.33. The summed E-state index contributed by atoms with van der Waals surface area (Å²) in [4.78, 5) is 24.8. The molecule has 1 atom stereocenters. The quantitative estimate of drug-likeness (QED) is 0.752. The number of carbonyl (C=O) groups is 2. The van der Waals surface area contributed by atoms with Crippen molar-refractivity contribution in [1.82, 2.24) is 0 Å². The second-order valence-corrected chi connectivity index (χ2v) is 6.95. The van der Waals surface area contributed by atoms with Crippen LogP contribution in [0.2, 0.25) is 5.02 Å². The molecular weight excluding hydrogens is 365 g/mol. The van der Waals surface area contributed by atoms with Crippen molar-refractivity contribution in [2.45, 2.75) is 17.9 Å². The first-order valence-corrected chi connectivity index (χ1v) is 8.88. The summed E-state index contributed by atoms with van der Waals surface area (Å²) >= 11 is 7.38. The number of fused-ring (bicyclic) bond motifs is 1. The lowest BCUT2D eigenvalue weighted by Gasteiger charge is -2.20. The number of hydrogen-bond acceptors (Lipinski definition) is 4. The summed E-state index contributed by atoms with van der Waals surface area (Å²) in [6.07, 6.45) is 0. The lowest BCUT2D eigenvalue weighted by atomic mass is 10.2. The van der Waals surface area contributed by atoms with Crippen LogP contribution in [0, 0.1) is 5.82 Å². The SMILES string of the molecule is CC(Nc1ccc2c(c1)NC(=O)CS2)C(=O)Nc1ccc(F)cc1Cl. The van der Waals surface area contributed by atoms with Crippen molar-refractivity contribution >= 4 is 52.2 Å². The van der Waals surface area contributed by atoms with E-state index >= 15 is 0 Å². The maximum absolute atomic E-state index is 13.1. The van der Waals surface area contributed by atoms with E-state index in [1.807, 2.05) is 12.1 Å². The highest BCUT2D eigenvalue weighted by Gasteiger charge is 2.18. The molecule has 0 radical (unpaired) electrons. The molecule has 1 unspecified atom stereocenters. The average Bonchev–Trinajstić information content (AvgIpc) is 2.57. The number of hydrogen-bond donors (Lipinski definition) is 3. The average molecular weight is 380 g/mol. The summed E-state index contributed by atoms with van der Waals surface area (Å²) in [6.45, 7) is 1.69. The molecule has 1 heterocycles. The summed E-state index contributed by atoms with van der Waals surface area (Å²) in [5, 5.41) is 8.66. The molecule has 1 aliphatic rings. The Balaban J connectivity index is 1.67. The van der Waals surface area contributed by atoms with E-state index in [1.165, 1.54) is 23.9 Å². The van der Waals surface area contributed by atoms with Crippen LogP contribution in [0.15, 0.2) is 41.3 Å². The summed E-state index contributed by atoms with van der Waals surface area (Å²) in [5.74, 6) is -0.434. The predicted octanol–water partition coefficient (Wildman–Crippen LogP) is 3.96. The van der Waals surface area contributed by atoms with Gasteiger partial charge in [0.25, 0.3) is 0 Å². The second-order valence-electron chi connectivity index (χ2n) is 5.53. The molecule has 130 valence electrons. The molecule has 0 saturated carbocycles. The third kappa shape index (κ3) is 4.24. The van der Waals surface area contributed by atoms with Crippen molar-refractivity contribution in [3.05, 3.63) is 47.2 Å². The molecule has 0 bridgehead atoms. The molecule has 3 N–H and O–H groups in total. The van der Waals surface area contributed by atoms with E-state index in [1.54, 1.807) is 13.0 Å². The minimum absolute atomic E-state index is 0.0496. The molecule has 0 aromatic heterocycles. The van der Waals surface area contributed by atoms with Gasteiger partial charge in [-0.3, -0.25) is 9.59 Å². The van der Waals surface area contributed by atoms with Crippen molar-refractivity contribution in [3.63, 3.8) is 0 Å². The molecule has 2 aromatic rings. The van der Waals surface area contributed by atoms with E-state index in [9.17, 15) is 14.0 Å². The summed E-state index contributed by atoms with van der Waals surface area (Å²) in [6, 6.07) is 8.73. The van der Waals surface area contributed by atoms with Crippen molar-refractivity contribution < 1.29 is 14.0 Å². The van der Waals surface area contributed by atoms with E-state index in [-0.39, 0.29) is 16.8 Å². The summed E-state index contributed by atoms with van der Waals surface area (Å²) in [5.41, 5.74) is 1.77. The van der Waals surface area contributed by atoms with Gasteiger partial charge in [-0.15, -0.1) is 11.8 Å². The lowest BCUT2D eigenvalue weighted by Crippen LogP contribution is -2.32. The fraction of sp³-hybridized carbons (Fsp3) is 0.176. The van der Waals surface area contributed by atoms with Gasteiger partial charge >= 0.3 is 0 Å². The molecule has 5 nitrogen and oxygen atoms in total. The van der Waals surface area contributed by atoms with Gasteiger partial charge < -0.3 is 16.0 Å². The minimum Gasteiger partial charge on any atom is -0.374 e. The fourth-order valence-corrected chi connectivity index (χ4v) is 3.32. The summed E-state index contributed by atoms with van der Waals surface area (Å²) < 4.78 is 13.1. The van der Waals surface area contributed by atoms with E-state index in [0.717, 1.165) is 16.6 Å². The third-order valence-corrected chi connectivity index (χ3v) is 4.96. The van der Waals surface area contributed by atoms with Gasteiger partial charge in [-0.2, -0.15) is 0 Å². The fourth-order valence-electron chi connectivity index (χ4n) is 2.32. The molecule has 0 spiro atoms. The number of carbonyl (C=O) groups excluding carboxylic acids is 2. The highest BCUT2D eigenvalue weighted by atomic mass is 35.5. The third-order valence-electron chi connectivity index (χ3n) is 3.58. The Hall–Kier alpha value is -2.25. The zero-order chi connectivity index (χ0) is 18.0. The molecule has 2 amide bonds. The molecule has 0 saturated heterocycles. The Morgan fingerprint density at radius 2 is 2.12 bits per heavy atom. The monoisotopic (exact) mass is 379 g/mol. The molecule has 0 fully saturated rings. The van der Waals surface area contributed by atoms with Gasteiger partial charge in [-0.1, -0.05) is 11.6 Å². The van der Waals surface area contributed by atoms with Crippen LogP contribution >= 0.6 is 23.4 Å². The van der Waals surface area contributed by atoms with Gasteiger partial charge in [0.05, 0.1) is 22.2 Å². The van der Waals surface area contributed by atoms with E-state index < -0.39 is 11.9 Å². The van der Waals surface area contributed by atoms with Gasteiger partial charge in [-0.05, 0) is 43.3 Å². The normalized spacial score (nSPS) is 14.3. The largest absolute Gasteiger partial charge is 0.374 e. The zero-order valence-electron chi connectivity index (χ0n) is 13.2. The van der Waals surface area contributed by atoms with Crippen LogP contribution in [-0.4, -0.2) is 23.6 Å². The van der Waals surface area contributed by atoms with Gasteiger partial charge in [-0.25, -0.2) is 4.39 Å². The first-order valence-electron chi connectivity index (χ1n) is 7.51. The van der Waals surface area contributed by atoms with Crippen LogP contribution in [0.5, 0.6) is 0 Å². The van der Waals surface area contributed by atoms with Crippen molar-refractivity contribution in [2.24, 2.45) is 0 Å². The second kappa shape index (κ2) is 7.33. The predicted molar refractivity (Wildman–Crippen MR) is 98.9 cm³/mol. The Bertz CT molecular complexity index is 847. The molecule has 2 aromatic carbocycles. The van der Waals surface area contributed by atoms with Crippen LogP contribution in [0.1, 0.15) is 6.92 Å². The number of benzene rings is 2. The molecule has 25 heavy (non-hydrogen) atoms. The topological polar surface area (TPSA) is 70.2 Å². The lowest BCUT2D eigenvalue weighted by molar-refractivity contribution is -0.116. The number of amides is 2. The van der Waals surface area contributed by atoms with Crippen LogP contribution in [0.4, 0.5) is 21.5 Å². The number of halogens is 2. The minimum atomic E-state index is -0.564. The van der Waals surface area contributed by atoms with E-state index in [0.29, 0.717) is 17.1 Å². The molecule has 1 aliphatic heterocycles. The van der Waals surface area contributed by atoms with Crippen LogP contribution in [0.3, 0.4) is 0 Å². The van der Waals surface area contributed by atoms with E-state index in [2.05, 4.69) is 16.0 Å². The van der Waals surface area contributed by atoms with Gasteiger partial charge in [0.2, 0.25) is 11.8 Å². The number of nitrogens with one attached hydrogen (secondary N) is 3. The van der Waals surface area contributed by atoms with Gasteiger partial charge in [0.1, 0.15) is 11.9 Å². The standard InChI is InChI=1S/C17H15ClFN3O2S/c1-9(17(24)22-13-4-2-10(19)6-12(13)18)20-11-3-5-15-14(7-11)21-16(23)8-25-15/h2-7,9,20H,8H2,1H3,(H,21,23)(H,22,24). The van der Waals surface area contributed by atoms with Gasteiger partial charge in [0.15, 0.2) is 0 Å². The molecule has 3 rings (SSSR count). The Kier molecular flexibility index (Phi) is 5.15. The maximum Gasteiger partial charge on any atom is 0.246 e. The number of anilines is 3. The summed E-state index contributed by atoms with van der Waals surface area (Å²) in [7, 11) is 0. The highest BCUT2D eigenvalue weighted by molar-refractivity contribution is 8.00. The maximum atomic E-state index is 13.1. The van der Waals surface area contributed by atoms with Crippen molar-refractivity contribution in [3.8, 4) is 0 Å². The molecule has 8 heteroatoms. The molecule has 0 aliphatic carbocycles. The number of rotatable bonds is 4. The van der Waals surface area contributed by atoms with Crippen LogP contribution in [0.25, 0.3) is 0 Å². The Morgan fingerprint density at radius 1 is 1.32 bits per heavy atom. The van der Waals surface area contributed by atoms with E-state index in [4.69, 9.17) is 11.6 Å². The first-order chi connectivity index (χ1) is 11.9. The van der Waals surface area contributed by atoms with Crippen LogP contribution in [-0.2, 0) is 9.59 Å². The Labute approximate surface area is 153 Å². The van der Waals surface area contributed by atoms with Gasteiger partial charge in [0, 0.05) is 10.6 Å². The zero-order valence-corrected chi connectivity index (χ0v) is 14.8. The Morgan fingerprint density at radius 3 is 2.88 bits per heavy atom.